The Kier molecular flexibility index (Phi) is 7.89. The molecule has 0 spiro atoms. The Morgan fingerprint density at radius 2 is 1.93 bits per heavy atom. The molecule has 0 radical (unpaired) electrons. The van der Waals surface area contributed by atoms with E-state index in [9.17, 15) is 14.4 Å². The second-order valence-electron chi connectivity index (χ2n) is 5.73. The number of carbonyl (C=O) groups is 3. The monoisotopic (exact) mass is 374 g/mol. The molecule has 1 aromatic heterocycles. The molecule has 1 aromatic carbocycles. The number of rotatable bonds is 10. The van der Waals surface area contributed by atoms with E-state index in [0.29, 0.717) is 13.0 Å². The number of benzene rings is 1. The number of nitrogens with one attached hydrogen (secondary N) is 2. The minimum Gasteiger partial charge on any atom is -0.454 e. The molecule has 2 N–H and O–H groups in total. The second kappa shape index (κ2) is 10.6. The number of esters is 1. The van der Waals surface area contributed by atoms with E-state index in [0.717, 1.165) is 12.0 Å². The van der Waals surface area contributed by atoms with E-state index >= 15 is 0 Å². The summed E-state index contributed by atoms with van der Waals surface area (Å²) in [5, 5.41) is 15.8. The zero-order valence-corrected chi connectivity index (χ0v) is 15.0. The molecule has 10 nitrogen and oxygen atoms in total. The second-order valence-corrected chi connectivity index (χ2v) is 5.73. The SMILES string of the molecule is CCCNC(=O)CNC(=O)COC(=O)[C@H](Cc1ccccc1)n1cnnn1. The Labute approximate surface area is 156 Å². The van der Waals surface area contributed by atoms with Crippen molar-refractivity contribution in [2.75, 3.05) is 19.7 Å². The van der Waals surface area contributed by atoms with Crippen LogP contribution in [0.4, 0.5) is 0 Å². The van der Waals surface area contributed by atoms with Gasteiger partial charge in [0.2, 0.25) is 5.91 Å². The van der Waals surface area contributed by atoms with Gasteiger partial charge in [-0.25, -0.2) is 9.48 Å². The molecule has 0 saturated carbocycles. The van der Waals surface area contributed by atoms with E-state index in [2.05, 4.69) is 26.2 Å². The fourth-order valence-electron chi connectivity index (χ4n) is 2.22. The zero-order chi connectivity index (χ0) is 19.5. The van der Waals surface area contributed by atoms with E-state index in [4.69, 9.17) is 4.74 Å². The third kappa shape index (κ3) is 6.84. The van der Waals surface area contributed by atoms with Gasteiger partial charge in [-0.05, 0) is 22.4 Å². The summed E-state index contributed by atoms with van der Waals surface area (Å²) in [4.78, 5) is 35.7. The van der Waals surface area contributed by atoms with E-state index in [1.807, 2.05) is 37.3 Å². The Morgan fingerprint density at radius 1 is 1.15 bits per heavy atom. The van der Waals surface area contributed by atoms with Crippen molar-refractivity contribution in [1.82, 2.24) is 30.8 Å². The first-order chi connectivity index (χ1) is 13.1. The van der Waals surface area contributed by atoms with Gasteiger partial charge in [0, 0.05) is 13.0 Å². The summed E-state index contributed by atoms with van der Waals surface area (Å²) in [5.74, 6) is -1.51. The quantitative estimate of drug-likeness (QED) is 0.544. The number of hydrogen-bond acceptors (Lipinski definition) is 7. The molecule has 0 fully saturated rings. The number of nitrogens with zero attached hydrogens (tertiary/aromatic N) is 4. The van der Waals surface area contributed by atoms with Gasteiger partial charge in [-0.15, -0.1) is 5.10 Å². The van der Waals surface area contributed by atoms with E-state index in [-0.39, 0.29) is 12.5 Å². The zero-order valence-electron chi connectivity index (χ0n) is 15.0. The van der Waals surface area contributed by atoms with Gasteiger partial charge < -0.3 is 15.4 Å². The lowest BCUT2D eigenvalue weighted by Crippen LogP contribution is -2.39. The number of carbonyl (C=O) groups excluding carboxylic acids is 3. The maximum absolute atomic E-state index is 12.4. The highest BCUT2D eigenvalue weighted by Crippen LogP contribution is 2.14. The van der Waals surface area contributed by atoms with Crippen molar-refractivity contribution in [2.24, 2.45) is 0 Å². The molecule has 27 heavy (non-hydrogen) atoms. The van der Waals surface area contributed by atoms with Gasteiger partial charge in [-0.1, -0.05) is 37.3 Å². The maximum Gasteiger partial charge on any atom is 0.331 e. The van der Waals surface area contributed by atoms with Gasteiger partial charge in [0.05, 0.1) is 6.54 Å². The maximum atomic E-state index is 12.4. The number of tetrazole rings is 1. The van der Waals surface area contributed by atoms with Gasteiger partial charge in [0.25, 0.3) is 5.91 Å². The fraction of sp³-hybridized carbons (Fsp3) is 0.412. The molecular weight excluding hydrogens is 352 g/mol. The van der Waals surface area contributed by atoms with Crippen molar-refractivity contribution in [3.8, 4) is 0 Å². The Morgan fingerprint density at radius 3 is 2.59 bits per heavy atom. The van der Waals surface area contributed by atoms with Crippen LogP contribution in [0, 0.1) is 0 Å². The molecule has 1 atom stereocenters. The Bertz CT molecular complexity index is 735. The molecular formula is C17H22N6O4. The number of amides is 2. The molecule has 0 aliphatic rings. The predicted octanol–water partition coefficient (Wildman–Crippen LogP) is -0.357. The van der Waals surface area contributed by atoms with Crippen molar-refractivity contribution in [1.29, 1.82) is 0 Å². The number of hydrogen-bond donors (Lipinski definition) is 2. The molecule has 2 amide bonds. The first kappa shape index (κ1) is 20.0. The van der Waals surface area contributed by atoms with E-state index in [1.165, 1.54) is 11.0 Å². The average molecular weight is 374 g/mol. The summed E-state index contributed by atoms with van der Waals surface area (Å²) in [5.41, 5.74) is 0.895. The van der Waals surface area contributed by atoms with Crippen LogP contribution in [0.25, 0.3) is 0 Å². The standard InChI is InChI=1S/C17H22N6O4/c1-2-8-18-15(24)10-19-16(25)11-27-17(26)14(23-12-20-21-22-23)9-13-6-4-3-5-7-13/h3-7,12,14H,2,8-11H2,1H3,(H,18,24)(H,19,25)/t14-/m0/s1. The normalized spacial score (nSPS) is 11.4. The highest BCUT2D eigenvalue weighted by molar-refractivity contribution is 5.86. The van der Waals surface area contributed by atoms with Crippen LogP contribution in [0.2, 0.25) is 0 Å². The van der Waals surface area contributed by atoms with Crippen molar-refractivity contribution < 1.29 is 19.1 Å². The first-order valence-corrected chi connectivity index (χ1v) is 8.56. The molecule has 144 valence electrons. The lowest BCUT2D eigenvalue weighted by molar-refractivity contribution is -0.152. The van der Waals surface area contributed by atoms with Crippen LogP contribution in [-0.2, 0) is 25.5 Å². The largest absolute Gasteiger partial charge is 0.454 e. The molecule has 1 heterocycles. The summed E-state index contributed by atoms with van der Waals surface area (Å²) in [6.07, 6.45) is 2.43. The van der Waals surface area contributed by atoms with Crippen LogP contribution in [0.5, 0.6) is 0 Å². The molecule has 0 unspecified atom stereocenters. The van der Waals surface area contributed by atoms with E-state index in [1.54, 1.807) is 0 Å². The molecule has 0 aliphatic carbocycles. The van der Waals surface area contributed by atoms with Crippen molar-refractivity contribution in [3.05, 3.63) is 42.2 Å². The van der Waals surface area contributed by atoms with Gasteiger partial charge >= 0.3 is 5.97 Å². The summed E-state index contributed by atoms with van der Waals surface area (Å²) in [7, 11) is 0. The topological polar surface area (TPSA) is 128 Å². The summed E-state index contributed by atoms with van der Waals surface area (Å²) < 4.78 is 6.36. The lowest BCUT2D eigenvalue weighted by atomic mass is 10.1. The van der Waals surface area contributed by atoms with Crippen LogP contribution in [-0.4, -0.2) is 57.7 Å². The first-order valence-electron chi connectivity index (χ1n) is 8.56. The molecule has 2 rings (SSSR count). The number of aromatic nitrogens is 4. The molecule has 0 saturated heterocycles. The van der Waals surface area contributed by atoms with Gasteiger partial charge in [-0.2, -0.15) is 0 Å². The van der Waals surface area contributed by atoms with Gasteiger partial charge in [0.15, 0.2) is 12.6 Å². The third-order valence-electron chi connectivity index (χ3n) is 3.59. The summed E-state index contributed by atoms with van der Waals surface area (Å²) in [6, 6.07) is 8.51. The molecule has 0 bridgehead atoms. The Hall–Kier alpha value is -3.30. The van der Waals surface area contributed by atoms with Crippen LogP contribution in [0.1, 0.15) is 24.9 Å². The smallest absolute Gasteiger partial charge is 0.331 e. The summed E-state index contributed by atoms with van der Waals surface area (Å²) >= 11 is 0. The van der Waals surface area contributed by atoms with Crippen molar-refractivity contribution >= 4 is 17.8 Å². The van der Waals surface area contributed by atoms with E-state index < -0.39 is 24.5 Å². The van der Waals surface area contributed by atoms with Gasteiger partial charge in [-0.3, -0.25) is 9.59 Å². The summed E-state index contributed by atoms with van der Waals surface area (Å²) in [6.45, 7) is 1.80. The lowest BCUT2D eigenvalue weighted by Gasteiger charge is -2.15. The third-order valence-corrected chi connectivity index (χ3v) is 3.59. The van der Waals surface area contributed by atoms with Crippen LogP contribution >= 0.6 is 0 Å². The minimum absolute atomic E-state index is 0.170. The molecule has 2 aromatic rings. The van der Waals surface area contributed by atoms with Gasteiger partial charge in [0.1, 0.15) is 6.33 Å². The average Bonchev–Trinajstić information content (AvgIpc) is 3.22. The highest BCUT2D eigenvalue weighted by Gasteiger charge is 2.24. The number of ether oxygens (including phenoxy) is 1. The highest BCUT2D eigenvalue weighted by atomic mass is 16.5. The van der Waals surface area contributed by atoms with Crippen LogP contribution < -0.4 is 10.6 Å². The fourth-order valence-corrected chi connectivity index (χ4v) is 2.22. The molecule has 0 aliphatic heterocycles. The van der Waals surface area contributed by atoms with Crippen LogP contribution in [0.3, 0.4) is 0 Å². The predicted molar refractivity (Wildman–Crippen MR) is 94.3 cm³/mol. The van der Waals surface area contributed by atoms with Crippen LogP contribution in [0.15, 0.2) is 36.7 Å². The Balaban J connectivity index is 1.86. The van der Waals surface area contributed by atoms with Crippen molar-refractivity contribution in [3.63, 3.8) is 0 Å². The minimum atomic E-state index is -0.803. The van der Waals surface area contributed by atoms with Crippen molar-refractivity contribution in [2.45, 2.75) is 25.8 Å². The molecule has 10 heteroatoms.